The molecular formula is C11H18N4O. The van der Waals surface area contributed by atoms with Gasteiger partial charge in [-0.1, -0.05) is 13.8 Å². The molecular weight excluding hydrogens is 204 g/mol. The first kappa shape index (κ1) is 12.3. The average Bonchev–Trinajstić information content (AvgIpc) is 2.64. The number of nitrogens with zero attached hydrogens (tertiary/aromatic N) is 2. The third-order valence-electron chi connectivity index (χ3n) is 2.13. The maximum Gasteiger partial charge on any atom is 0.211 e. The number of aromatic amines is 1. The fourth-order valence-corrected chi connectivity index (χ4v) is 1.44. The van der Waals surface area contributed by atoms with Gasteiger partial charge in [0.15, 0.2) is 5.52 Å². The molecule has 0 saturated heterocycles. The number of fused-ring (bicyclic) bond motifs is 1. The summed E-state index contributed by atoms with van der Waals surface area (Å²) in [6, 6.07) is 1.59. The quantitative estimate of drug-likeness (QED) is 0.773. The van der Waals surface area contributed by atoms with Gasteiger partial charge in [-0.15, -0.1) is 0 Å². The number of H-pyrrole nitrogens is 1. The molecule has 2 aromatic heterocycles. The van der Waals surface area contributed by atoms with E-state index in [4.69, 9.17) is 5.73 Å². The predicted molar refractivity (Wildman–Crippen MR) is 66.5 cm³/mol. The molecule has 5 nitrogen and oxygen atoms in total. The highest BCUT2D eigenvalue weighted by Gasteiger charge is 2.08. The van der Waals surface area contributed by atoms with Gasteiger partial charge in [0, 0.05) is 12.1 Å². The Kier molecular flexibility index (Phi) is 3.71. The van der Waals surface area contributed by atoms with Crippen LogP contribution in [0.2, 0.25) is 0 Å². The van der Waals surface area contributed by atoms with Crippen molar-refractivity contribution >= 4 is 17.0 Å². The molecule has 0 aliphatic carbocycles. The number of hydrogen-bond donors (Lipinski definition) is 2. The van der Waals surface area contributed by atoms with Crippen molar-refractivity contribution < 1.29 is 0 Å². The third kappa shape index (κ3) is 2.08. The Morgan fingerprint density at radius 2 is 2.06 bits per heavy atom. The fraction of sp³-hybridized carbons (Fsp3) is 0.455. The molecule has 0 aliphatic heterocycles. The van der Waals surface area contributed by atoms with Crippen molar-refractivity contribution in [3.05, 3.63) is 22.6 Å². The van der Waals surface area contributed by atoms with E-state index in [1.807, 2.05) is 32.3 Å². The zero-order valence-corrected chi connectivity index (χ0v) is 10.1. The molecule has 0 atom stereocenters. The second kappa shape index (κ2) is 4.83. The van der Waals surface area contributed by atoms with Crippen LogP contribution in [0.3, 0.4) is 0 Å². The Morgan fingerprint density at radius 3 is 2.62 bits per heavy atom. The van der Waals surface area contributed by atoms with Crippen molar-refractivity contribution in [3.8, 4) is 0 Å². The number of nitrogens with two attached hydrogens (primary N) is 1. The smallest absolute Gasteiger partial charge is 0.211 e. The Hall–Kier alpha value is -1.78. The zero-order chi connectivity index (χ0) is 12.3. The highest BCUT2D eigenvalue weighted by atomic mass is 16.1. The van der Waals surface area contributed by atoms with Crippen LogP contribution < -0.4 is 11.2 Å². The first-order valence-electron chi connectivity index (χ1n) is 5.45. The van der Waals surface area contributed by atoms with Gasteiger partial charge >= 0.3 is 0 Å². The lowest BCUT2D eigenvalue weighted by atomic mass is 10.3. The number of anilines is 1. The van der Waals surface area contributed by atoms with Crippen LogP contribution in [-0.2, 0) is 0 Å². The van der Waals surface area contributed by atoms with Gasteiger partial charge in [0.2, 0.25) is 5.43 Å². The van der Waals surface area contributed by atoms with Crippen LogP contribution in [-0.4, -0.2) is 14.5 Å². The molecule has 0 fully saturated rings. The molecule has 0 spiro atoms. The number of nitrogens with one attached hydrogen (secondary N) is 1. The summed E-state index contributed by atoms with van der Waals surface area (Å²) in [6.45, 7) is 8.03. The number of aromatic nitrogens is 3. The maximum absolute atomic E-state index is 11.5. The van der Waals surface area contributed by atoms with Crippen LogP contribution in [0, 0.1) is 0 Å². The summed E-state index contributed by atoms with van der Waals surface area (Å²) in [4.78, 5) is 18.4. The van der Waals surface area contributed by atoms with Crippen molar-refractivity contribution in [1.82, 2.24) is 14.5 Å². The summed E-state index contributed by atoms with van der Waals surface area (Å²) < 4.78 is 1.88. The summed E-state index contributed by atoms with van der Waals surface area (Å²) >= 11 is 0. The molecule has 16 heavy (non-hydrogen) atoms. The standard InChI is InChI=1S/C9H12N4O.C2H6/c1-5(2)13-4-11-8-6(14)3-7(10)12-9(8)13;1-2/h3-5H,1-2H3,(H3,10,12,14);1-2H3. The van der Waals surface area contributed by atoms with Crippen molar-refractivity contribution in [2.45, 2.75) is 33.7 Å². The molecule has 2 aromatic rings. The molecule has 0 amide bonds. The second-order valence-corrected chi connectivity index (χ2v) is 3.53. The normalized spacial score (nSPS) is 10.3. The Bertz CT molecular complexity index is 524. The van der Waals surface area contributed by atoms with Crippen LogP contribution in [0.5, 0.6) is 0 Å². The monoisotopic (exact) mass is 222 g/mol. The SMILES string of the molecule is CC.CC(C)n1cnc2c(=O)cc(N)[nH]c21. The lowest BCUT2D eigenvalue weighted by Gasteiger charge is -2.07. The van der Waals surface area contributed by atoms with E-state index in [-0.39, 0.29) is 11.5 Å². The highest BCUT2D eigenvalue weighted by molar-refractivity contribution is 5.72. The van der Waals surface area contributed by atoms with Crippen molar-refractivity contribution in [1.29, 1.82) is 0 Å². The topological polar surface area (TPSA) is 76.7 Å². The molecule has 0 radical (unpaired) electrons. The van der Waals surface area contributed by atoms with Crippen LogP contribution in [0.25, 0.3) is 11.2 Å². The summed E-state index contributed by atoms with van der Waals surface area (Å²) in [6.07, 6.45) is 1.65. The van der Waals surface area contributed by atoms with Crippen LogP contribution >= 0.6 is 0 Å². The molecule has 5 heteroatoms. The van der Waals surface area contributed by atoms with Gasteiger partial charge in [0.25, 0.3) is 0 Å². The molecule has 88 valence electrons. The van der Waals surface area contributed by atoms with Gasteiger partial charge in [-0.05, 0) is 13.8 Å². The van der Waals surface area contributed by atoms with Crippen LogP contribution in [0.4, 0.5) is 5.82 Å². The summed E-state index contributed by atoms with van der Waals surface area (Å²) in [5.74, 6) is 0.366. The van der Waals surface area contributed by atoms with Crippen LogP contribution in [0.1, 0.15) is 33.7 Å². The van der Waals surface area contributed by atoms with E-state index in [1.54, 1.807) is 6.33 Å². The number of imidazole rings is 1. The molecule has 0 aromatic carbocycles. The van der Waals surface area contributed by atoms with E-state index < -0.39 is 0 Å². The zero-order valence-electron chi connectivity index (χ0n) is 10.1. The van der Waals surface area contributed by atoms with E-state index in [0.717, 1.165) is 0 Å². The minimum absolute atomic E-state index is 0.143. The number of pyridine rings is 1. The largest absolute Gasteiger partial charge is 0.385 e. The van der Waals surface area contributed by atoms with Crippen molar-refractivity contribution in [2.24, 2.45) is 0 Å². The van der Waals surface area contributed by atoms with Crippen molar-refractivity contribution in [3.63, 3.8) is 0 Å². The first-order valence-corrected chi connectivity index (χ1v) is 5.45. The molecule has 2 rings (SSSR count). The predicted octanol–water partition coefficient (Wildman–Crippen LogP) is 1.91. The summed E-state index contributed by atoms with van der Waals surface area (Å²) in [5, 5.41) is 0. The molecule has 3 N–H and O–H groups in total. The molecule has 0 unspecified atom stereocenters. The Balaban J connectivity index is 0.000000606. The van der Waals surface area contributed by atoms with Gasteiger partial charge in [-0.3, -0.25) is 4.79 Å². The first-order chi connectivity index (χ1) is 7.59. The number of hydrogen-bond acceptors (Lipinski definition) is 3. The van der Waals surface area contributed by atoms with E-state index in [0.29, 0.717) is 17.0 Å². The highest BCUT2D eigenvalue weighted by Crippen LogP contribution is 2.13. The number of rotatable bonds is 1. The van der Waals surface area contributed by atoms with E-state index in [2.05, 4.69) is 9.97 Å². The van der Waals surface area contributed by atoms with Gasteiger partial charge in [-0.2, -0.15) is 0 Å². The van der Waals surface area contributed by atoms with E-state index in [9.17, 15) is 4.79 Å². The fourth-order valence-electron chi connectivity index (χ4n) is 1.44. The number of nitrogen functional groups attached to an aromatic ring is 1. The lowest BCUT2D eigenvalue weighted by molar-refractivity contribution is 0.613. The molecule has 0 saturated carbocycles. The Morgan fingerprint density at radius 1 is 1.44 bits per heavy atom. The van der Waals surface area contributed by atoms with Gasteiger partial charge in [-0.25, -0.2) is 4.98 Å². The van der Waals surface area contributed by atoms with E-state index in [1.165, 1.54) is 6.07 Å². The van der Waals surface area contributed by atoms with Gasteiger partial charge < -0.3 is 15.3 Å². The summed E-state index contributed by atoms with van der Waals surface area (Å²) in [7, 11) is 0. The summed E-state index contributed by atoms with van der Waals surface area (Å²) in [5.41, 5.74) is 6.54. The average molecular weight is 222 g/mol. The molecule has 0 bridgehead atoms. The molecule has 0 aliphatic rings. The minimum atomic E-state index is -0.143. The Labute approximate surface area is 94.3 Å². The van der Waals surface area contributed by atoms with E-state index >= 15 is 0 Å². The van der Waals surface area contributed by atoms with Gasteiger partial charge in [0.1, 0.15) is 11.5 Å². The third-order valence-corrected chi connectivity index (χ3v) is 2.13. The lowest BCUT2D eigenvalue weighted by Crippen LogP contribution is -2.07. The molecule has 2 heterocycles. The minimum Gasteiger partial charge on any atom is -0.385 e. The second-order valence-electron chi connectivity index (χ2n) is 3.53. The maximum atomic E-state index is 11.5. The van der Waals surface area contributed by atoms with Crippen LogP contribution in [0.15, 0.2) is 17.2 Å². The van der Waals surface area contributed by atoms with Gasteiger partial charge in [0.05, 0.1) is 6.33 Å². The van der Waals surface area contributed by atoms with Crippen molar-refractivity contribution in [2.75, 3.05) is 5.73 Å².